The minimum absolute atomic E-state index is 0.0762. The number of amides is 3. The molecule has 0 radical (unpaired) electrons. The largest absolute Gasteiger partial charge is 0.480 e. The number of nitrogens with two attached hydrogens (primary N) is 1. The summed E-state index contributed by atoms with van der Waals surface area (Å²) in [4.78, 5) is 58.3. The number of hydrogen-bond acceptors (Lipinski definition) is 6. The Kier molecular flexibility index (Phi) is 11.0. The Morgan fingerprint density at radius 1 is 0.800 bits per heavy atom. The molecule has 0 bridgehead atoms. The van der Waals surface area contributed by atoms with Crippen LogP contribution in [0, 0.1) is 5.92 Å². The van der Waals surface area contributed by atoms with Crippen molar-refractivity contribution in [1.82, 2.24) is 25.9 Å². The Hall–Kier alpha value is -4.51. The minimum Gasteiger partial charge on any atom is -0.480 e. The molecule has 0 saturated heterocycles. The number of aromatic nitrogens is 2. The fourth-order valence-electron chi connectivity index (χ4n) is 4.16. The van der Waals surface area contributed by atoms with Crippen molar-refractivity contribution in [1.29, 1.82) is 0 Å². The van der Waals surface area contributed by atoms with E-state index in [9.17, 15) is 24.3 Å². The Morgan fingerprint density at radius 3 is 1.85 bits per heavy atom. The Labute approximate surface area is 233 Å². The van der Waals surface area contributed by atoms with Gasteiger partial charge in [0.2, 0.25) is 17.7 Å². The van der Waals surface area contributed by atoms with Gasteiger partial charge in [0, 0.05) is 31.2 Å². The quantitative estimate of drug-likeness (QED) is 0.174. The molecule has 7 N–H and O–H groups in total. The number of imidazole rings is 1. The van der Waals surface area contributed by atoms with Crippen LogP contribution in [0.2, 0.25) is 0 Å². The summed E-state index contributed by atoms with van der Waals surface area (Å²) in [5, 5.41) is 17.8. The van der Waals surface area contributed by atoms with Gasteiger partial charge in [-0.25, -0.2) is 9.78 Å². The Morgan fingerprint density at radius 2 is 1.35 bits per heavy atom. The van der Waals surface area contributed by atoms with E-state index in [0.717, 1.165) is 11.1 Å². The van der Waals surface area contributed by atoms with Crippen LogP contribution in [-0.2, 0) is 38.4 Å². The fourth-order valence-corrected chi connectivity index (χ4v) is 4.16. The van der Waals surface area contributed by atoms with Crippen molar-refractivity contribution >= 4 is 23.7 Å². The van der Waals surface area contributed by atoms with Crippen LogP contribution < -0.4 is 21.7 Å². The topological polar surface area (TPSA) is 179 Å². The predicted molar refractivity (Wildman–Crippen MR) is 149 cm³/mol. The lowest BCUT2D eigenvalue weighted by Crippen LogP contribution is -2.59. The lowest BCUT2D eigenvalue weighted by Gasteiger charge is -2.27. The van der Waals surface area contributed by atoms with Gasteiger partial charge in [0.25, 0.3) is 0 Å². The molecule has 0 aliphatic rings. The maximum atomic E-state index is 13.4. The molecule has 40 heavy (non-hydrogen) atoms. The van der Waals surface area contributed by atoms with Crippen molar-refractivity contribution in [3.8, 4) is 0 Å². The highest BCUT2D eigenvalue weighted by atomic mass is 16.4. The van der Waals surface area contributed by atoms with Gasteiger partial charge in [0.15, 0.2) is 0 Å². The zero-order valence-corrected chi connectivity index (χ0v) is 22.5. The molecule has 3 amide bonds. The number of benzene rings is 2. The third-order valence-electron chi connectivity index (χ3n) is 6.39. The van der Waals surface area contributed by atoms with Crippen LogP contribution in [0.1, 0.15) is 30.7 Å². The first-order valence-electron chi connectivity index (χ1n) is 13.1. The summed E-state index contributed by atoms with van der Waals surface area (Å²) in [6.45, 7) is 3.52. The molecule has 1 heterocycles. The van der Waals surface area contributed by atoms with Crippen LogP contribution in [0.3, 0.4) is 0 Å². The number of aliphatic carboxylic acids is 1. The van der Waals surface area contributed by atoms with E-state index in [1.165, 1.54) is 6.33 Å². The predicted octanol–water partition coefficient (Wildman–Crippen LogP) is 0.960. The molecule has 2 aromatic carbocycles. The molecule has 3 rings (SSSR count). The number of nitrogens with zero attached hydrogens (tertiary/aromatic N) is 1. The number of aromatic amines is 1. The first kappa shape index (κ1) is 30.0. The van der Waals surface area contributed by atoms with E-state index in [2.05, 4.69) is 25.9 Å². The van der Waals surface area contributed by atoms with Gasteiger partial charge in [0.1, 0.15) is 18.1 Å². The van der Waals surface area contributed by atoms with E-state index in [4.69, 9.17) is 5.73 Å². The number of carboxylic acids is 1. The van der Waals surface area contributed by atoms with Crippen LogP contribution in [0.4, 0.5) is 0 Å². The zero-order valence-electron chi connectivity index (χ0n) is 22.5. The highest BCUT2D eigenvalue weighted by Gasteiger charge is 2.32. The van der Waals surface area contributed by atoms with Gasteiger partial charge in [-0.15, -0.1) is 0 Å². The van der Waals surface area contributed by atoms with Gasteiger partial charge in [-0.3, -0.25) is 14.4 Å². The van der Waals surface area contributed by atoms with Crippen LogP contribution in [-0.4, -0.2) is 62.9 Å². The third kappa shape index (κ3) is 9.05. The third-order valence-corrected chi connectivity index (χ3v) is 6.39. The molecule has 4 atom stereocenters. The van der Waals surface area contributed by atoms with Crippen molar-refractivity contribution in [3.05, 3.63) is 90.0 Å². The number of rotatable bonds is 14. The van der Waals surface area contributed by atoms with Crippen LogP contribution in [0.15, 0.2) is 73.2 Å². The van der Waals surface area contributed by atoms with E-state index in [1.54, 1.807) is 68.6 Å². The molecule has 212 valence electrons. The van der Waals surface area contributed by atoms with Crippen LogP contribution >= 0.6 is 0 Å². The molecule has 4 unspecified atom stereocenters. The van der Waals surface area contributed by atoms with Crippen LogP contribution in [0.5, 0.6) is 0 Å². The first-order chi connectivity index (χ1) is 19.1. The van der Waals surface area contributed by atoms with Crippen molar-refractivity contribution < 1.29 is 24.3 Å². The standard InChI is InChI=1S/C29H36N6O5/c1-18(2)25(35-26(36)22(30)15-21-16-31-17-32-21)28(38)33-23(13-19-9-5-3-6-10-19)27(37)34-24(29(39)40)14-20-11-7-4-8-12-20/h3-12,16-18,22-25H,13-15,30H2,1-2H3,(H,31,32)(H,33,38)(H,34,37)(H,35,36)(H,39,40). The Balaban J connectivity index is 1.74. The molecule has 1 aromatic heterocycles. The van der Waals surface area contributed by atoms with Gasteiger partial charge in [0.05, 0.1) is 12.4 Å². The van der Waals surface area contributed by atoms with Crippen molar-refractivity contribution in [2.45, 2.75) is 57.3 Å². The fraction of sp³-hybridized carbons (Fsp3) is 0.345. The van der Waals surface area contributed by atoms with Crippen molar-refractivity contribution in [3.63, 3.8) is 0 Å². The molecule has 0 fully saturated rings. The summed E-state index contributed by atoms with van der Waals surface area (Å²) in [5.74, 6) is -3.27. The first-order valence-corrected chi connectivity index (χ1v) is 13.1. The second kappa shape index (κ2) is 14.6. The zero-order chi connectivity index (χ0) is 29.1. The maximum absolute atomic E-state index is 13.4. The molecule has 11 nitrogen and oxygen atoms in total. The Bertz CT molecular complexity index is 1250. The second-order valence-corrected chi connectivity index (χ2v) is 9.96. The average Bonchev–Trinajstić information content (AvgIpc) is 3.44. The molecule has 11 heteroatoms. The van der Waals surface area contributed by atoms with Gasteiger partial charge in [-0.1, -0.05) is 74.5 Å². The molecule has 0 spiro atoms. The summed E-state index contributed by atoms with van der Waals surface area (Å²) < 4.78 is 0. The smallest absolute Gasteiger partial charge is 0.326 e. The average molecular weight is 549 g/mol. The second-order valence-electron chi connectivity index (χ2n) is 9.96. The lowest BCUT2D eigenvalue weighted by atomic mass is 9.99. The summed E-state index contributed by atoms with van der Waals surface area (Å²) in [7, 11) is 0. The number of H-pyrrole nitrogens is 1. The van der Waals surface area contributed by atoms with Crippen molar-refractivity contribution in [2.75, 3.05) is 0 Å². The molecular formula is C29H36N6O5. The van der Waals surface area contributed by atoms with E-state index < -0.39 is 47.9 Å². The minimum atomic E-state index is -1.20. The highest BCUT2D eigenvalue weighted by molar-refractivity contribution is 5.94. The molecular weight excluding hydrogens is 512 g/mol. The van der Waals surface area contributed by atoms with Crippen LogP contribution in [0.25, 0.3) is 0 Å². The van der Waals surface area contributed by atoms with Gasteiger partial charge in [-0.2, -0.15) is 0 Å². The molecule has 3 aromatic rings. The normalized spacial score (nSPS) is 14.0. The maximum Gasteiger partial charge on any atom is 0.326 e. The van der Waals surface area contributed by atoms with Gasteiger partial charge >= 0.3 is 5.97 Å². The number of carboxylic acid groups (broad SMARTS) is 1. The summed E-state index contributed by atoms with van der Waals surface area (Å²) in [6.07, 6.45) is 3.45. The van der Waals surface area contributed by atoms with Gasteiger partial charge < -0.3 is 31.8 Å². The lowest BCUT2D eigenvalue weighted by molar-refractivity contribution is -0.142. The number of nitrogens with one attached hydrogen (secondary N) is 4. The van der Waals surface area contributed by atoms with E-state index in [0.29, 0.717) is 5.69 Å². The number of carbonyl (C=O) groups is 4. The summed E-state index contributed by atoms with van der Waals surface area (Å²) in [6, 6.07) is 13.8. The SMILES string of the molecule is CC(C)C(NC(=O)C(N)Cc1cnc[nH]1)C(=O)NC(Cc1ccccc1)C(=O)NC(Cc1ccccc1)C(=O)O. The van der Waals surface area contributed by atoms with E-state index in [1.807, 2.05) is 12.1 Å². The monoisotopic (exact) mass is 548 g/mol. The van der Waals surface area contributed by atoms with E-state index in [-0.39, 0.29) is 25.2 Å². The molecule has 0 aliphatic heterocycles. The number of hydrogen-bond donors (Lipinski definition) is 6. The van der Waals surface area contributed by atoms with Gasteiger partial charge in [-0.05, 0) is 17.0 Å². The van der Waals surface area contributed by atoms with Crippen molar-refractivity contribution in [2.24, 2.45) is 11.7 Å². The number of carbonyl (C=O) groups excluding carboxylic acids is 3. The van der Waals surface area contributed by atoms with E-state index >= 15 is 0 Å². The summed E-state index contributed by atoms with van der Waals surface area (Å²) >= 11 is 0. The summed E-state index contributed by atoms with van der Waals surface area (Å²) in [5.41, 5.74) is 8.23. The highest BCUT2D eigenvalue weighted by Crippen LogP contribution is 2.09. The molecule has 0 saturated carbocycles. The molecule has 0 aliphatic carbocycles.